The number of halogens is 1. The van der Waals surface area contributed by atoms with Crippen LogP contribution in [0.25, 0.3) is 0 Å². The van der Waals surface area contributed by atoms with Gasteiger partial charge in [0.1, 0.15) is 0 Å². The van der Waals surface area contributed by atoms with Gasteiger partial charge in [-0.1, -0.05) is 0 Å². The highest BCUT2D eigenvalue weighted by Gasteiger charge is 2.26. The van der Waals surface area contributed by atoms with Crippen molar-refractivity contribution in [3.63, 3.8) is 0 Å². The van der Waals surface area contributed by atoms with Gasteiger partial charge in [-0.25, -0.2) is 4.11 Å². The molecule has 0 fully saturated rings. The third-order valence-electron chi connectivity index (χ3n) is 0. The summed E-state index contributed by atoms with van der Waals surface area (Å²) in [6.07, 6.45) is 0. The molecule has 0 unspecified atom stereocenters. The molecule has 0 aliphatic carbocycles. The summed E-state index contributed by atoms with van der Waals surface area (Å²) < 4.78 is 10.5. The minimum Gasteiger partial charge on any atom is -0.368 e. The minimum atomic E-state index is -5.11. The van der Waals surface area contributed by atoms with Gasteiger partial charge in [-0.15, -0.1) is 0 Å². The van der Waals surface area contributed by atoms with Crippen molar-refractivity contribution in [2.45, 2.75) is 0 Å². The van der Waals surface area contributed by atoms with Crippen LogP contribution in [0.5, 0.6) is 0 Å². The fraction of sp³-hybridized carbons (Fsp3) is 0. The molecule has 0 saturated heterocycles. The van der Waals surface area contributed by atoms with Gasteiger partial charge in [0.15, 0.2) is 0 Å². The van der Waals surface area contributed by atoms with Crippen LogP contribution < -0.4 is 0 Å². The normalized spacial score (nSPS) is 12.0. The first-order chi connectivity index (χ1) is 4.00. The Morgan fingerprint density at radius 2 is 0.700 bits per heavy atom. The van der Waals surface area contributed by atoms with Crippen LogP contribution in [0.2, 0.25) is 0 Å². The molecule has 0 bridgehead atoms. The fourth-order valence-electron chi connectivity index (χ4n) is 0. The van der Waals surface area contributed by atoms with Crippen molar-refractivity contribution in [1.82, 2.24) is 0 Å². The lowest BCUT2D eigenvalue weighted by atomic mass is 15.7. The predicted octanol–water partition coefficient (Wildman–Crippen LogP) is -4.24. The van der Waals surface area contributed by atoms with E-state index in [2.05, 4.69) is 0 Å². The van der Waals surface area contributed by atoms with Crippen molar-refractivity contribution in [3.8, 4) is 0 Å². The van der Waals surface area contributed by atoms with Crippen molar-refractivity contribution >= 4 is 18.2 Å². The maximum Gasteiger partial charge on any atom is 0.711 e. The third kappa shape index (κ3) is 57800. The molecular weight excluding hydrogens is 187 g/mol. The van der Waals surface area contributed by atoms with Crippen molar-refractivity contribution in [1.29, 1.82) is 0 Å². The van der Waals surface area contributed by atoms with E-state index in [1.54, 1.807) is 0 Å². The quantitative estimate of drug-likeness (QED) is 0.153. The second-order valence-corrected chi connectivity index (χ2v) is 3.46. The second kappa shape index (κ2) is 4.07. The van der Waals surface area contributed by atoms with E-state index < -0.39 is 18.2 Å². The summed E-state index contributed by atoms with van der Waals surface area (Å²) in [5.41, 5.74) is 0. The van der Waals surface area contributed by atoms with E-state index in [-0.39, 0.29) is 0 Å². The fourth-order valence-corrected chi connectivity index (χ4v) is 0. The predicted molar refractivity (Wildman–Crippen MR) is 28.1 cm³/mol. The zero-order valence-corrected chi connectivity index (χ0v) is 6.51. The Morgan fingerprint density at radius 3 is 0.700 bits per heavy atom. The van der Waals surface area contributed by atoms with Gasteiger partial charge in [0.05, 0.1) is 0 Å². The van der Waals surface area contributed by atoms with Crippen LogP contribution in [0.1, 0.15) is 0 Å². The maximum atomic E-state index is 10.5. The topological polar surface area (TPSA) is 142 Å². The summed E-state index contributed by atoms with van der Waals surface area (Å²) in [5, 5.41) is 0. The summed E-state index contributed by atoms with van der Waals surface area (Å²) in [6.45, 7) is 0. The monoisotopic (exact) mass is 194 g/mol. The summed E-state index contributed by atoms with van der Waals surface area (Å²) in [7, 11) is -9.72. The Bertz CT molecular complexity index is 54.6. The van der Waals surface area contributed by atoms with E-state index in [1.165, 1.54) is 0 Å². The summed E-state index contributed by atoms with van der Waals surface area (Å²) >= 11 is 0. The van der Waals surface area contributed by atoms with Crippen LogP contribution >= 0.6 is 0 Å². The van der Waals surface area contributed by atoms with Gasteiger partial charge in [0.25, 0.3) is 0 Å². The molecule has 0 aliphatic rings. The lowest BCUT2D eigenvalue weighted by Crippen LogP contribution is -2.33. The Labute approximate surface area is 56.9 Å². The lowest BCUT2D eigenvalue weighted by Gasteiger charge is -1.91. The zero-order valence-electron chi connectivity index (χ0n) is 4.51. The van der Waals surface area contributed by atoms with Gasteiger partial charge in [0, 0.05) is 0 Å². The molecule has 0 atom stereocenters. The molecule has 7 nitrogen and oxygen atoms in total. The van der Waals surface area contributed by atoms with E-state index in [0.29, 0.717) is 0 Å². The van der Waals surface area contributed by atoms with Crippen LogP contribution in [-0.4, -0.2) is 51.8 Å². The molecule has 0 radical (unpaired) electrons. The molecule has 0 heterocycles. The van der Waals surface area contributed by atoms with Crippen LogP contribution in [0.15, 0.2) is 0 Å². The zero-order chi connectivity index (χ0) is 9.00. The first kappa shape index (κ1) is 12.7. The van der Waals surface area contributed by atoms with Crippen molar-refractivity contribution in [2.75, 3.05) is 0 Å². The van der Waals surface area contributed by atoms with E-state index in [4.69, 9.17) is 33.6 Å². The highest BCUT2D eigenvalue weighted by Crippen LogP contribution is 1.79. The van der Waals surface area contributed by atoms with Crippen molar-refractivity contribution in [2.24, 2.45) is 0 Å². The molecule has 7 N–H and O–H groups in total. The smallest absolute Gasteiger partial charge is 0.368 e. The van der Waals surface area contributed by atoms with Gasteiger partial charge in [-0.3, -0.25) is 0 Å². The van der Waals surface area contributed by atoms with Gasteiger partial charge >= 0.3 is 18.2 Å². The molecule has 10 heavy (non-hydrogen) atoms. The average Bonchev–Trinajstić information content (AvgIpc) is 1.12. The number of rotatable bonds is 0. The Morgan fingerprint density at radius 1 is 0.700 bits per heavy atom. The van der Waals surface area contributed by atoms with Gasteiger partial charge in [0.2, 0.25) is 0 Å². The summed E-state index contributed by atoms with van der Waals surface area (Å²) in [5.74, 6) is 0. The number of hydrogen-bond acceptors (Lipinski definition) is 7. The Hall–Kier alpha value is 0.0838. The molecule has 0 aromatic heterocycles. The molecule has 64 valence electrons. The highest BCUT2D eigenvalue weighted by atomic mass is 28.4. The number of hydrogen-bond donors (Lipinski definition) is 7. The van der Waals surface area contributed by atoms with E-state index >= 15 is 0 Å². The molecule has 0 rings (SSSR count). The first-order valence-corrected chi connectivity index (χ1v) is 5.26. The first-order valence-electron chi connectivity index (χ1n) is 1.75. The highest BCUT2D eigenvalue weighted by molar-refractivity contribution is 6.47. The molecule has 10 heteroatoms. The van der Waals surface area contributed by atoms with Crippen LogP contribution in [0, 0.1) is 0 Å². The average molecular weight is 194 g/mol. The molecule has 0 saturated carbocycles. The van der Waals surface area contributed by atoms with Gasteiger partial charge < -0.3 is 33.6 Å². The van der Waals surface area contributed by atoms with E-state index in [1.807, 2.05) is 0 Å². The van der Waals surface area contributed by atoms with Crippen LogP contribution in [0.3, 0.4) is 0 Å². The van der Waals surface area contributed by atoms with Gasteiger partial charge in [-0.2, -0.15) is 0 Å². The molecule has 0 aromatic rings. The maximum absolute atomic E-state index is 10.5. The minimum absolute atomic E-state index is 4.61. The molecule has 0 aliphatic heterocycles. The SMILES string of the molecule is O[Si](O)(O)F.O[Si](O)(O)O. The summed E-state index contributed by atoms with van der Waals surface area (Å²) in [4.78, 5) is 50.6. The summed E-state index contributed by atoms with van der Waals surface area (Å²) in [6, 6.07) is 0. The molecule has 0 amide bonds. The molecule has 0 aromatic carbocycles. The standard InChI is InChI=1S/FH3O3Si.H4O4Si/c2*1-5(2,3)4/h2-4H;1-4H. The molecule has 0 spiro atoms. The van der Waals surface area contributed by atoms with Crippen LogP contribution in [-0.2, 0) is 0 Å². The van der Waals surface area contributed by atoms with Crippen LogP contribution in [0.4, 0.5) is 4.11 Å². The van der Waals surface area contributed by atoms with Crippen molar-refractivity contribution in [3.05, 3.63) is 0 Å². The van der Waals surface area contributed by atoms with Gasteiger partial charge in [-0.05, 0) is 0 Å². The third-order valence-corrected chi connectivity index (χ3v) is 0. The van der Waals surface area contributed by atoms with Crippen molar-refractivity contribution < 1.29 is 37.7 Å². The lowest BCUT2D eigenvalue weighted by molar-refractivity contribution is 0.117. The molecular formula is H7FO7Si2. The van der Waals surface area contributed by atoms with E-state index in [9.17, 15) is 4.11 Å². The Balaban J connectivity index is 0. The Kier molecular flexibility index (Phi) is 5.18. The largest absolute Gasteiger partial charge is 0.711 e. The second-order valence-electron chi connectivity index (χ2n) is 1.15. The van der Waals surface area contributed by atoms with E-state index in [0.717, 1.165) is 0 Å².